The largest absolute Gasteiger partial charge is 0.499 e. The second-order valence-corrected chi connectivity index (χ2v) is 6.41. The third kappa shape index (κ3) is 4.91. The molecule has 1 aromatic rings. The second-order valence-electron chi connectivity index (χ2n) is 6.41. The van der Waals surface area contributed by atoms with Gasteiger partial charge in [0.25, 0.3) is 0 Å². The summed E-state index contributed by atoms with van der Waals surface area (Å²) in [5, 5.41) is 8.87. The van der Waals surface area contributed by atoms with Crippen LogP contribution in [0.15, 0.2) is 36.6 Å². The lowest BCUT2D eigenvalue weighted by Crippen LogP contribution is -2.18. The van der Waals surface area contributed by atoms with Gasteiger partial charge in [-0.25, -0.2) is 0 Å². The number of nitriles is 1. The van der Waals surface area contributed by atoms with Gasteiger partial charge >= 0.3 is 0 Å². The topological polar surface area (TPSA) is 33.0 Å². The molecule has 1 aromatic carbocycles. The summed E-state index contributed by atoms with van der Waals surface area (Å²) in [6, 6.07) is 10.3. The normalized spacial score (nSPS) is 23.1. The molecule has 118 valence electrons. The summed E-state index contributed by atoms with van der Waals surface area (Å²) >= 11 is 0. The van der Waals surface area contributed by atoms with E-state index in [0.29, 0.717) is 12.0 Å². The van der Waals surface area contributed by atoms with E-state index in [1.807, 2.05) is 18.4 Å². The van der Waals surface area contributed by atoms with Crippen LogP contribution >= 0.6 is 0 Å². The van der Waals surface area contributed by atoms with Crippen LogP contribution in [-0.4, -0.2) is 6.10 Å². The molecule has 1 saturated carbocycles. The van der Waals surface area contributed by atoms with Gasteiger partial charge < -0.3 is 4.74 Å². The molecule has 0 amide bonds. The molecular weight excluding hydrogens is 270 g/mol. The van der Waals surface area contributed by atoms with Crippen molar-refractivity contribution >= 4 is 0 Å². The molecule has 0 bridgehead atoms. The molecule has 1 atom stereocenters. The molecule has 2 rings (SSSR count). The van der Waals surface area contributed by atoms with E-state index in [-0.39, 0.29) is 0 Å². The Balaban J connectivity index is 1.77. The Morgan fingerprint density at radius 2 is 1.91 bits per heavy atom. The summed E-state index contributed by atoms with van der Waals surface area (Å²) < 4.78 is 5.71. The lowest BCUT2D eigenvalue weighted by atomic mass is 9.77. The molecule has 1 unspecified atom stereocenters. The number of ether oxygens (including phenoxy) is 1. The monoisotopic (exact) mass is 297 g/mol. The molecule has 22 heavy (non-hydrogen) atoms. The van der Waals surface area contributed by atoms with Crippen molar-refractivity contribution in [1.29, 1.82) is 5.26 Å². The minimum Gasteiger partial charge on any atom is -0.499 e. The van der Waals surface area contributed by atoms with Gasteiger partial charge in [-0.05, 0) is 75.0 Å². The Labute approximate surface area is 134 Å². The maximum atomic E-state index is 8.87. The first kappa shape index (κ1) is 16.6. The van der Waals surface area contributed by atoms with Crippen molar-refractivity contribution < 1.29 is 4.74 Å². The van der Waals surface area contributed by atoms with Crippen LogP contribution in [-0.2, 0) is 4.74 Å². The standard InChI is InChI=1S/C20H27NO/c1-3-4-13-22-16(2)14-17-5-9-19(10-6-17)20-11-7-18(15-21)8-12-20/h4,7-8,11-13,16-17,19H,3,5-6,9-10,14H2,1-2H3/b13-4+. The Kier molecular flexibility index (Phi) is 6.52. The van der Waals surface area contributed by atoms with Crippen LogP contribution in [0, 0.1) is 17.2 Å². The summed E-state index contributed by atoms with van der Waals surface area (Å²) in [6.45, 7) is 4.29. The lowest BCUT2D eigenvalue weighted by Gasteiger charge is -2.30. The fraction of sp³-hybridized carbons (Fsp3) is 0.550. The van der Waals surface area contributed by atoms with Crippen LogP contribution in [0.3, 0.4) is 0 Å². The fourth-order valence-corrected chi connectivity index (χ4v) is 3.37. The summed E-state index contributed by atoms with van der Waals surface area (Å²) in [7, 11) is 0. The number of hydrogen-bond donors (Lipinski definition) is 0. The Hall–Kier alpha value is -1.75. The quantitative estimate of drug-likeness (QED) is 0.645. The van der Waals surface area contributed by atoms with Crippen LogP contribution in [0.1, 0.15) is 69.4 Å². The van der Waals surface area contributed by atoms with Crippen LogP contribution in [0.4, 0.5) is 0 Å². The number of nitrogens with zero attached hydrogens (tertiary/aromatic N) is 1. The molecule has 2 nitrogen and oxygen atoms in total. The minimum atomic E-state index is 0.319. The van der Waals surface area contributed by atoms with E-state index in [1.165, 1.54) is 31.2 Å². The molecule has 0 N–H and O–H groups in total. The van der Waals surface area contributed by atoms with Crippen LogP contribution in [0.25, 0.3) is 0 Å². The highest BCUT2D eigenvalue weighted by atomic mass is 16.5. The number of benzene rings is 1. The third-order valence-electron chi connectivity index (χ3n) is 4.67. The summed E-state index contributed by atoms with van der Waals surface area (Å²) in [6.07, 6.45) is 11.5. The average molecular weight is 297 g/mol. The first-order valence-corrected chi connectivity index (χ1v) is 8.53. The van der Waals surface area contributed by atoms with Gasteiger partial charge in [-0.2, -0.15) is 5.26 Å². The first-order valence-electron chi connectivity index (χ1n) is 8.53. The zero-order valence-electron chi connectivity index (χ0n) is 13.8. The molecule has 0 aromatic heterocycles. The van der Waals surface area contributed by atoms with Crippen molar-refractivity contribution in [1.82, 2.24) is 0 Å². The molecule has 1 aliphatic carbocycles. The van der Waals surface area contributed by atoms with Gasteiger partial charge in [-0.1, -0.05) is 25.1 Å². The van der Waals surface area contributed by atoms with Crippen LogP contribution in [0.2, 0.25) is 0 Å². The van der Waals surface area contributed by atoms with Gasteiger partial charge in [-0.15, -0.1) is 0 Å². The number of rotatable bonds is 6. The maximum absolute atomic E-state index is 8.87. The lowest BCUT2D eigenvalue weighted by molar-refractivity contribution is 0.120. The van der Waals surface area contributed by atoms with Crippen LogP contribution < -0.4 is 0 Å². The van der Waals surface area contributed by atoms with E-state index in [1.54, 1.807) is 0 Å². The van der Waals surface area contributed by atoms with Gasteiger partial charge in [-0.3, -0.25) is 0 Å². The van der Waals surface area contributed by atoms with Crippen molar-refractivity contribution in [3.05, 3.63) is 47.7 Å². The van der Waals surface area contributed by atoms with E-state index < -0.39 is 0 Å². The fourth-order valence-electron chi connectivity index (χ4n) is 3.37. The highest BCUT2D eigenvalue weighted by Gasteiger charge is 2.23. The molecule has 1 fully saturated rings. The van der Waals surface area contributed by atoms with Gasteiger partial charge in [0.2, 0.25) is 0 Å². The highest BCUT2D eigenvalue weighted by Crippen LogP contribution is 2.37. The molecule has 0 aliphatic heterocycles. The van der Waals surface area contributed by atoms with E-state index in [9.17, 15) is 0 Å². The molecule has 1 aliphatic rings. The smallest absolute Gasteiger partial charge is 0.0991 e. The predicted octanol–water partition coefficient (Wildman–Crippen LogP) is 5.55. The molecule has 0 saturated heterocycles. The minimum absolute atomic E-state index is 0.319. The van der Waals surface area contributed by atoms with Crippen LogP contribution in [0.5, 0.6) is 0 Å². The Morgan fingerprint density at radius 1 is 1.23 bits per heavy atom. The molecule has 0 radical (unpaired) electrons. The molecule has 2 heteroatoms. The van der Waals surface area contributed by atoms with E-state index >= 15 is 0 Å². The average Bonchev–Trinajstić information content (AvgIpc) is 2.56. The van der Waals surface area contributed by atoms with Gasteiger partial charge in [0.15, 0.2) is 0 Å². The summed E-state index contributed by atoms with van der Waals surface area (Å²) in [5.74, 6) is 1.46. The van der Waals surface area contributed by atoms with Gasteiger partial charge in [0, 0.05) is 0 Å². The van der Waals surface area contributed by atoms with Crippen molar-refractivity contribution in [3.63, 3.8) is 0 Å². The SMILES string of the molecule is CC/C=C/OC(C)CC1CCC(c2ccc(C#N)cc2)CC1. The molecule has 0 spiro atoms. The van der Waals surface area contributed by atoms with Gasteiger partial charge in [0.05, 0.1) is 24.0 Å². The first-order chi connectivity index (χ1) is 10.7. The zero-order valence-corrected chi connectivity index (χ0v) is 13.8. The molecular formula is C20H27NO. The van der Waals surface area contributed by atoms with Crippen molar-refractivity contribution in [2.75, 3.05) is 0 Å². The second kappa shape index (κ2) is 8.63. The number of allylic oxidation sites excluding steroid dienone is 1. The van der Waals surface area contributed by atoms with Crippen molar-refractivity contribution in [2.24, 2.45) is 5.92 Å². The van der Waals surface area contributed by atoms with E-state index in [2.05, 4.69) is 38.1 Å². The highest BCUT2D eigenvalue weighted by molar-refractivity contribution is 5.33. The summed E-state index contributed by atoms with van der Waals surface area (Å²) in [5.41, 5.74) is 2.15. The Morgan fingerprint density at radius 3 is 2.50 bits per heavy atom. The van der Waals surface area contributed by atoms with E-state index in [0.717, 1.165) is 24.3 Å². The van der Waals surface area contributed by atoms with Gasteiger partial charge in [0.1, 0.15) is 0 Å². The van der Waals surface area contributed by atoms with Crippen molar-refractivity contribution in [3.8, 4) is 6.07 Å². The third-order valence-corrected chi connectivity index (χ3v) is 4.67. The van der Waals surface area contributed by atoms with Crippen molar-refractivity contribution in [2.45, 2.75) is 64.4 Å². The van der Waals surface area contributed by atoms with E-state index in [4.69, 9.17) is 10.00 Å². The molecule has 0 heterocycles. The number of hydrogen-bond acceptors (Lipinski definition) is 2. The summed E-state index contributed by atoms with van der Waals surface area (Å²) in [4.78, 5) is 0. The maximum Gasteiger partial charge on any atom is 0.0991 e. The zero-order chi connectivity index (χ0) is 15.8. The Bertz CT molecular complexity index is 504. The predicted molar refractivity (Wildman–Crippen MR) is 90.5 cm³/mol.